The van der Waals surface area contributed by atoms with E-state index in [4.69, 9.17) is 14.2 Å². The molecule has 38 heavy (non-hydrogen) atoms. The first-order valence-electron chi connectivity index (χ1n) is 12.7. The second-order valence-electron chi connectivity index (χ2n) is 9.18. The first kappa shape index (κ1) is 27.3. The minimum atomic E-state index is -0.600. The molecule has 2 aromatic rings. The first-order chi connectivity index (χ1) is 18.4. The van der Waals surface area contributed by atoms with Crippen molar-refractivity contribution in [1.29, 1.82) is 0 Å². The molecule has 2 atom stereocenters. The maximum Gasteiger partial charge on any atom is 0.412 e. The minimum Gasteiger partial charge on any atom is -0.477 e. The summed E-state index contributed by atoms with van der Waals surface area (Å²) in [5.74, 6) is 1.55. The number of carbonyl (C=O) groups is 2. The molecule has 14 nitrogen and oxygen atoms in total. The number of amides is 3. The number of anilines is 3. The summed E-state index contributed by atoms with van der Waals surface area (Å²) in [6.07, 6.45) is 5.45. The molecular formula is C24H35N9O5. The molecule has 0 saturated carbocycles. The van der Waals surface area contributed by atoms with Gasteiger partial charge in [0.1, 0.15) is 18.5 Å². The van der Waals surface area contributed by atoms with Crippen LogP contribution in [0.3, 0.4) is 0 Å². The van der Waals surface area contributed by atoms with Crippen molar-refractivity contribution < 1.29 is 23.8 Å². The number of urea groups is 1. The number of nitrogens with one attached hydrogen (secondary N) is 2. The lowest BCUT2D eigenvalue weighted by Gasteiger charge is -2.37. The van der Waals surface area contributed by atoms with Crippen molar-refractivity contribution in [2.75, 3.05) is 75.6 Å². The number of hydrogen-bond acceptors (Lipinski definition) is 11. The minimum absolute atomic E-state index is 0.0711. The molecule has 0 aliphatic carbocycles. The van der Waals surface area contributed by atoms with Crippen LogP contribution >= 0.6 is 0 Å². The Kier molecular flexibility index (Phi) is 9.43. The zero-order valence-corrected chi connectivity index (χ0v) is 22.0. The van der Waals surface area contributed by atoms with E-state index in [9.17, 15) is 9.59 Å². The number of rotatable bonds is 8. The fourth-order valence-corrected chi connectivity index (χ4v) is 4.27. The molecule has 14 heteroatoms. The van der Waals surface area contributed by atoms with Gasteiger partial charge in [-0.1, -0.05) is 0 Å². The fourth-order valence-electron chi connectivity index (χ4n) is 4.27. The van der Waals surface area contributed by atoms with Gasteiger partial charge in [-0.3, -0.25) is 10.6 Å². The third-order valence-electron chi connectivity index (χ3n) is 6.32. The van der Waals surface area contributed by atoms with Crippen LogP contribution in [-0.2, 0) is 9.47 Å². The highest BCUT2D eigenvalue weighted by atomic mass is 16.6. The van der Waals surface area contributed by atoms with Gasteiger partial charge in [-0.25, -0.2) is 24.5 Å². The van der Waals surface area contributed by atoms with Crippen molar-refractivity contribution >= 4 is 29.7 Å². The predicted octanol–water partition coefficient (Wildman–Crippen LogP) is 1.68. The van der Waals surface area contributed by atoms with Gasteiger partial charge in [0.25, 0.3) is 0 Å². The van der Waals surface area contributed by atoms with Gasteiger partial charge in [-0.2, -0.15) is 4.98 Å². The van der Waals surface area contributed by atoms with Crippen LogP contribution in [0, 0.1) is 0 Å². The Morgan fingerprint density at radius 3 is 2.79 bits per heavy atom. The van der Waals surface area contributed by atoms with Gasteiger partial charge < -0.3 is 28.9 Å². The van der Waals surface area contributed by atoms with Crippen LogP contribution < -0.4 is 20.3 Å². The smallest absolute Gasteiger partial charge is 0.412 e. The summed E-state index contributed by atoms with van der Waals surface area (Å²) >= 11 is 0. The van der Waals surface area contributed by atoms with E-state index in [1.165, 1.54) is 12.4 Å². The van der Waals surface area contributed by atoms with E-state index in [0.29, 0.717) is 49.8 Å². The zero-order chi connectivity index (χ0) is 26.9. The van der Waals surface area contributed by atoms with Crippen molar-refractivity contribution in [2.45, 2.75) is 31.9 Å². The Bertz CT molecular complexity index is 1070. The Hall–Kier alpha value is -3.78. The SMILES string of the molecule is CCOc1cnc(NC(=O)N(C)[C@@H]2CCCN(c3nccc(NC(=O)OC[C@H]4CN(C)CCO4)n3)C2)cn1. The molecule has 2 aliphatic rings. The molecule has 2 N–H and O–H groups in total. The van der Waals surface area contributed by atoms with Crippen molar-refractivity contribution in [3.8, 4) is 5.88 Å². The van der Waals surface area contributed by atoms with E-state index < -0.39 is 6.09 Å². The quantitative estimate of drug-likeness (QED) is 0.515. The summed E-state index contributed by atoms with van der Waals surface area (Å²) in [6.45, 7) is 5.98. The number of aromatic nitrogens is 4. The molecular weight excluding hydrogens is 494 g/mol. The normalized spacial score (nSPS) is 19.9. The molecule has 4 rings (SSSR count). The number of hydrogen-bond donors (Lipinski definition) is 2. The molecule has 206 valence electrons. The van der Waals surface area contributed by atoms with Crippen LogP contribution in [0.25, 0.3) is 0 Å². The predicted molar refractivity (Wildman–Crippen MR) is 139 cm³/mol. The third-order valence-corrected chi connectivity index (χ3v) is 6.32. The Morgan fingerprint density at radius 2 is 2.03 bits per heavy atom. The van der Waals surface area contributed by atoms with E-state index in [1.807, 2.05) is 18.9 Å². The summed E-state index contributed by atoms with van der Waals surface area (Å²) in [6, 6.07) is 1.25. The molecule has 2 aliphatic heterocycles. The van der Waals surface area contributed by atoms with Crippen molar-refractivity contribution in [3.63, 3.8) is 0 Å². The molecule has 0 bridgehead atoms. The summed E-state index contributed by atoms with van der Waals surface area (Å²) < 4.78 is 16.2. The average molecular weight is 530 g/mol. The Labute approximate surface area is 221 Å². The van der Waals surface area contributed by atoms with Gasteiger partial charge in [0.05, 0.1) is 31.6 Å². The van der Waals surface area contributed by atoms with Crippen molar-refractivity contribution in [1.82, 2.24) is 29.7 Å². The van der Waals surface area contributed by atoms with Gasteiger partial charge in [0.2, 0.25) is 11.8 Å². The lowest BCUT2D eigenvalue weighted by Crippen LogP contribution is -2.50. The highest BCUT2D eigenvalue weighted by molar-refractivity contribution is 5.88. The van der Waals surface area contributed by atoms with Gasteiger partial charge >= 0.3 is 12.1 Å². The summed E-state index contributed by atoms with van der Waals surface area (Å²) in [7, 11) is 3.75. The summed E-state index contributed by atoms with van der Waals surface area (Å²) in [4.78, 5) is 48.1. The lowest BCUT2D eigenvalue weighted by atomic mass is 10.1. The van der Waals surface area contributed by atoms with E-state index >= 15 is 0 Å². The Morgan fingerprint density at radius 1 is 1.16 bits per heavy atom. The van der Waals surface area contributed by atoms with Crippen LogP contribution in [0.4, 0.5) is 27.2 Å². The maximum atomic E-state index is 12.8. The van der Waals surface area contributed by atoms with Crippen LogP contribution in [-0.4, -0.2) is 114 Å². The largest absolute Gasteiger partial charge is 0.477 e. The standard InChI is InChI=1S/C24H35N9O5/c1-4-36-21-13-26-20(12-27-21)29-23(34)32(3)17-6-5-9-33(14-17)22-25-8-7-19(28-22)30-24(35)38-16-18-15-31(2)10-11-37-18/h7-8,12-13,17-18H,4-6,9-11,14-16H2,1-3H3,(H,26,29,34)(H,25,28,30,35)/t17-,18-/m1/s1. The van der Waals surface area contributed by atoms with Crippen LogP contribution in [0.1, 0.15) is 19.8 Å². The molecule has 4 heterocycles. The fraction of sp³-hybridized carbons (Fsp3) is 0.583. The summed E-state index contributed by atoms with van der Waals surface area (Å²) in [5, 5.41) is 5.43. The molecule has 2 saturated heterocycles. The first-order valence-corrected chi connectivity index (χ1v) is 12.7. The average Bonchev–Trinajstić information content (AvgIpc) is 2.93. The molecule has 2 fully saturated rings. The lowest BCUT2D eigenvalue weighted by molar-refractivity contribution is -0.0470. The van der Waals surface area contributed by atoms with Crippen LogP contribution in [0.15, 0.2) is 24.7 Å². The second-order valence-corrected chi connectivity index (χ2v) is 9.18. The monoisotopic (exact) mass is 529 g/mol. The van der Waals surface area contributed by atoms with Gasteiger partial charge in [-0.15, -0.1) is 0 Å². The number of ether oxygens (including phenoxy) is 3. The van der Waals surface area contributed by atoms with Crippen LogP contribution in [0.2, 0.25) is 0 Å². The van der Waals surface area contributed by atoms with E-state index in [2.05, 4.69) is 35.5 Å². The third kappa shape index (κ3) is 7.61. The molecule has 3 amide bonds. The molecule has 0 aromatic carbocycles. The van der Waals surface area contributed by atoms with E-state index in [-0.39, 0.29) is 24.8 Å². The second kappa shape index (κ2) is 13.1. The van der Waals surface area contributed by atoms with Crippen molar-refractivity contribution in [2.24, 2.45) is 0 Å². The number of likely N-dealkylation sites (N-methyl/N-ethyl adjacent to an activating group) is 2. The molecule has 0 unspecified atom stereocenters. The van der Waals surface area contributed by atoms with Crippen LogP contribution in [0.5, 0.6) is 5.88 Å². The number of piperidine rings is 1. The molecule has 0 spiro atoms. The van der Waals surface area contributed by atoms with Gasteiger partial charge in [-0.05, 0) is 32.9 Å². The number of carbonyl (C=O) groups excluding carboxylic acids is 2. The van der Waals surface area contributed by atoms with Gasteiger partial charge in [0.15, 0.2) is 5.82 Å². The highest BCUT2D eigenvalue weighted by Crippen LogP contribution is 2.21. The van der Waals surface area contributed by atoms with E-state index in [0.717, 1.165) is 25.9 Å². The number of morpholine rings is 1. The van der Waals surface area contributed by atoms with E-state index in [1.54, 1.807) is 24.2 Å². The Balaban J connectivity index is 1.29. The topological polar surface area (TPSA) is 147 Å². The maximum absolute atomic E-state index is 12.8. The number of nitrogens with zero attached hydrogens (tertiary/aromatic N) is 7. The van der Waals surface area contributed by atoms with Crippen molar-refractivity contribution in [3.05, 3.63) is 24.7 Å². The summed E-state index contributed by atoms with van der Waals surface area (Å²) in [5.41, 5.74) is 0. The molecule has 0 radical (unpaired) electrons. The molecule has 2 aromatic heterocycles. The zero-order valence-electron chi connectivity index (χ0n) is 22.0. The van der Waals surface area contributed by atoms with Gasteiger partial charge in [0, 0.05) is 39.4 Å². The highest BCUT2D eigenvalue weighted by Gasteiger charge is 2.28.